The average molecular weight is 505 g/mol. The van der Waals surface area contributed by atoms with Gasteiger partial charge in [0, 0.05) is 28.5 Å². The van der Waals surface area contributed by atoms with Crippen LogP contribution in [-0.2, 0) is 9.59 Å². The van der Waals surface area contributed by atoms with E-state index in [-0.39, 0.29) is 35.1 Å². The van der Waals surface area contributed by atoms with Gasteiger partial charge in [0.05, 0.1) is 5.41 Å². The Morgan fingerprint density at radius 1 is 1.21 bits per heavy atom. The van der Waals surface area contributed by atoms with Crippen LogP contribution in [0.4, 0.5) is 0 Å². The topological polar surface area (TPSA) is 67.4 Å². The molecule has 5 atom stereocenters. The molecule has 184 valence electrons. The minimum absolute atomic E-state index is 0.101. The van der Waals surface area contributed by atoms with Crippen molar-refractivity contribution in [1.29, 1.82) is 0 Å². The first-order valence-electron chi connectivity index (χ1n) is 11.8. The maximum absolute atomic E-state index is 12.9. The van der Waals surface area contributed by atoms with E-state index in [0.29, 0.717) is 11.6 Å². The van der Waals surface area contributed by atoms with Gasteiger partial charge < -0.3 is 20.2 Å². The number of halogens is 2. The van der Waals surface area contributed by atoms with Crippen LogP contribution in [0.3, 0.4) is 0 Å². The summed E-state index contributed by atoms with van der Waals surface area (Å²) in [6.07, 6.45) is 2.50. The number of benzene rings is 2. The first-order chi connectivity index (χ1) is 16.3. The summed E-state index contributed by atoms with van der Waals surface area (Å²) >= 11 is 13.0. The van der Waals surface area contributed by atoms with Gasteiger partial charge in [0.2, 0.25) is 5.91 Å². The van der Waals surface area contributed by atoms with Crippen LogP contribution in [-0.4, -0.2) is 38.4 Å². The minimum atomic E-state index is -0.372. The Morgan fingerprint density at radius 3 is 2.50 bits per heavy atom. The highest BCUT2D eigenvalue weighted by atomic mass is 35.5. The fourth-order valence-corrected chi connectivity index (χ4v) is 6.12. The number of carbonyl (C=O) groups is 2. The van der Waals surface area contributed by atoms with E-state index >= 15 is 0 Å². The van der Waals surface area contributed by atoms with E-state index < -0.39 is 0 Å². The molecular weight excluding hydrogens is 471 g/mol. The highest BCUT2D eigenvalue weighted by molar-refractivity contribution is 6.31. The molecule has 2 aromatic rings. The van der Waals surface area contributed by atoms with Crippen LogP contribution in [0.5, 0.6) is 5.75 Å². The predicted octanol–water partition coefficient (Wildman–Crippen LogP) is 5.60. The smallest absolute Gasteiger partial charge is 0.226 e. The quantitative estimate of drug-likeness (QED) is 0.396. The average Bonchev–Trinajstić information content (AvgIpc) is 3.03. The second-order valence-electron chi connectivity index (χ2n) is 9.30. The van der Waals surface area contributed by atoms with Crippen molar-refractivity contribution < 1.29 is 14.3 Å². The van der Waals surface area contributed by atoms with Gasteiger partial charge in [0.25, 0.3) is 0 Å². The lowest BCUT2D eigenvalue weighted by Crippen LogP contribution is -2.42. The zero-order chi connectivity index (χ0) is 24.9. The van der Waals surface area contributed by atoms with E-state index in [1.807, 2.05) is 31.3 Å². The Kier molecular flexibility index (Phi) is 9.02. The van der Waals surface area contributed by atoms with Crippen LogP contribution >= 0.6 is 23.2 Å². The summed E-state index contributed by atoms with van der Waals surface area (Å²) in [7, 11) is 1.90. The van der Waals surface area contributed by atoms with Gasteiger partial charge in [-0.2, -0.15) is 0 Å². The Morgan fingerprint density at radius 2 is 1.88 bits per heavy atom. The Labute approximate surface area is 212 Å². The second-order valence-corrected chi connectivity index (χ2v) is 10.1. The zero-order valence-electron chi connectivity index (χ0n) is 20.2. The monoisotopic (exact) mass is 504 g/mol. The van der Waals surface area contributed by atoms with Crippen molar-refractivity contribution in [2.45, 2.75) is 51.5 Å². The lowest BCUT2D eigenvalue weighted by atomic mass is 9.56. The number of ether oxygens (including phenoxy) is 1. The van der Waals surface area contributed by atoms with E-state index in [1.165, 1.54) is 12.5 Å². The number of amides is 1. The molecule has 2 aliphatic rings. The van der Waals surface area contributed by atoms with Crippen LogP contribution in [0.1, 0.15) is 56.6 Å². The predicted molar refractivity (Wildman–Crippen MR) is 138 cm³/mol. The number of hydrogen-bond acceptors (Lipinski definition) is 4. The molecule has 34 heavy (non-hydrogen) atoms. The van der Waals surface area contributed by atoms with Crippen molar-refractivity contribution in [1.82, 2.24) is 10.6 Å². The van der Waals surface area contributed by atoms with Crippen molar-refractivity contribution >= 4 is 35.4 Å². The summed E-state index contributed by atoms with van der Waals surface area (Å²) in [5, 5.41) is 7.72. The van der Waals surface area contributed by atoms with E-state index in [2.05, 4.69) is 42.7 Å². The number of aldehydes is 1. The molecule has 7 heteroatoms. The summed E-state index contributed by atoms with van der Waals surface area (Å²) < 4.78 is 5.79. The molecule has 1 saturated heterocycles. The first kappa shape index (κ1) is 26.5. The van der Waals surface area contributed by atoms with Gasteiger partial charge in [-0.3, -0.25) is 4.79 Å². The van der Waals surface area contributed by atoms with Gasteiger partial charge in [0.1, 0.15) is 18.6 Å². The van der Waals surface area contributed by atoms with E-state index in [4.69, 9.17) is 32.7 Å². The number of nitrogens with one attached hydrogen (secondary N) is 2. The van der Waals surface area contributed by atoms with Crippen molar-refractivity contribution in [2.24, 2.45) is 11.3 Å². The number of rotatable bonds is 6. The summed E-state index contributed by atoms with van der Waals surface area (Å²) in [6.45, 7) is 7.06. The van der Waals surface area contributed by atoms with Gasteiger partial charge in [0.15, 0.2) is 0 Å². The third kappa shape index (κ3) is 5.42. The molecule has 1 heterocycles. The van der Waals surface area contributed by atoms with Gasteiger partial charge in [-0.25, -0.2) is 0 Å². The largest absolute Gasteiger partial charge is 0.492 e. The lowest BCUT2D eigenvalue weighted by Gasteiger charge is -2.46. The van der Waals surface area contributed by atoms with Gasteiger partial charge in [-0.15, -0.1) is 0 Å². The number of likely N-dealkylation sites (N-methyl/N-ethyl adjacent to an activating group) is 1. The van der Waals surface area contributed by atoms with Crippen LogP contribution in [0, 0.1) is 11.3 Å². The van der Waals surface area contributed by atoms with Crippen LogP contribution in [0.25, 0.3) is 0 Å². The SMILES string of the molecule is CC=O.CNCCOc1ccc(C2CCC3(C)C(=O)NC(C)C3C2c2ccc(Cl)cc2)c(Cl)c1. The highest BCUT2D eigenvalue weighted by Crippen LogP contribution is 2.59. The normalized spacial score (nSPS) is 27.8. The fraction of sp³-hybridized carbons (Fsp3) is 0.481. The summed E-state index contributed by atoms with van der Waals surface area (Å²) in [5.74, 6) is 1.51. The molecule has 2 aromatic carbocycles. The van der Waals surface area contributed by atoms with Crippen molar-refractivity contribution in [2.75, 3.05) is 20.2 Å². The molecule has 0 spiro atoms. The van der Waals surface area contributed by atoms with Crippen molar-refractivity contribution in [3.05, 3.63) is 63.6 Å². The third-order valence-electron chi connectivity index (χ3n) is 7.19. The molecule has 0 bridgehead atoms. The Hall–Kier alpha value is -2.08. The molecule has 2 fully saturated rings. The van der Waals surface area contributed by atoms with Crippen molar-refractivity contribution in [3.8, 4) is 5.75 Å². The summed E-state index contributed by atoms with van der Waals surface area (Å²) in [5.41, 5.74) is 1.96. The van der Waals surface area contributed by atoms with Gasteiger partial charge >= 0.3 is 0 Å². The highest BCUT2D eigenvalue weighted by Gasteiger charge is 2.57. The van der Waals surface area contributed by atoms with Crippen LogP contribution < -0.4 is 15.4 Å². The Balaban J connectivity index is 0.00000103. The fourth-order valence-electron chi connectivity index (χ4n) is 5.68. The minimum Gasteiger partial charge on any atom is -0.492 e. The van der Waals surface area contributed by atoms with Gasteiger partial charge in [-0.05, 0) is 81.0 Å². The zero-order valence-corrected chi connectivity index (χ0v) is 21.7. The molecule has 4 rings (SSSR count). The van der Waals surface area contributed by atoms with Crippen LogP contribution in [0.2, 0.25) is 10.0 Å². The lowest BCUT2D eigenvalue weighted by molar-refractivity contribution is -0.129. The molecule has 5 nitrogen and oxygen atoms in total. The summed E-state index contributed by atoms with van der Waals surface area (Å²) in [6, 6.07) is 14.2. The third-order valence-corrected chi connectivity index (χ3v) is 7.77. The standard InChI is InChI=1S/C25H30Cl2N2O2.C2H4O/c1-15-23-22(16-4-6-17(26)7-5-16)20(10-11-25(23,2)24(30)29-15)19-9-8-18(14-21(19)27)31-13-12-28-3;1-2-3/h4-9,14-15,20,22-23,28H,10-13H2,1-3H3,(H,29,30);2H,1H3. The summed E-state index contributed by atoms with van der Waals surface area (Å²) in [4.78, 5) is 21.7. The molecule has 0 radical (unpaired) electrons. The van der Waals surface area contributed by atoms with E-state index in [1.54, 1.807) is 0 Å². The molecule has 1 aliphatic heterocycles. The number of carbonyl (C=O) groups excluding carboxylic acids is 2. The Bertz CT molecular complexity index is 998. The molecule has 5 unspecified atom stereocenters. The van der Waals surface area contributed by atoms with E-state index in [0.717, 1.165) is 42.0 Å². The van der Waals surface area contributed by atoms with Crippen LogP contribution in [0.15, 0.2) is 42.5 Å². The van der Waals surface area contributed by atoms with Gasteiger partial charge in [-0.1, -0.05) is 48.3 Å². The molecule has 1 amide bonds. The maximum Gasteiger partial charge on any atom is 0.226 e. The molecule has 0 aromatic heterocycles. The molecule has 1 aliphatic carbocycles. The van der Waals surface area contributed by atoms with E-state index in [9.17, 15) is 4.79 Å². The first-order valence-corrected chi connectivity index (χ1v) is 12.6. The molecular formula is C27H34Cl2N2O3. The molecule has 2 N–H and O–H groups in total. The number of hydrogen-bond donors (Lipinski definition) is 2. The number of fused-ring (bicyclic) bond motifs is 1. The van der Waals surface area contributed by atoms with Crippen molar-refractivity contribution in [3.63, 3.8) is 0 Å². The maximum atomic E-state index is 12.9. The second kappa shape index (κ2) is 11.6. The molecule has 1 saturated carbocycles.